The van der Waals surface area contributed by atoms with Crippen LogP contribution in [-0.2, 0) is 0 Å². The summed E-state index contributed by atoms with van der Waals surface area (Å²) < 4.78 is 0. The molecule has 0 saturated carbocycles. The number of hydrogen-bond acceptors (Lipinski definition) is 3. The van der Waals surface area contributed by atoms with Crippen LogP contribution in [0.25, 0.3) is 0 Å². The van der Waals surface area contributed by atoms with Crippen LogP contribution >= 0.6 is 0 Å². The van der Waals surface area contributed by atoms with Crippen molar-refractivity contribution in [1.82, 2.24) is 15.6 Å². The molecule has 1 rings (SSSR count). The standard InChI is InChI=1S/C5H12N4/c1-6-5-4-8(2)7-9(5)3/h7H,4H2,1-3H3. The lowest BCUT2D eigenvalue weighted by Crippen LogP contribution is -2.35. The van der Waals surface area contributed by atoms with Gasteiger partial charge in [-0.05, 0) is 0 Å². The van der Waals surface area contributed by atoms with Crippen molar-refractivity contribution in [2.45, 2.75) is 0 Å². The molecule has 9 heavy (non-hydrogen) atoms. The fourth-order valence-electron chi connectivity index (χ4n) is 0.888. The molecule has 0 atom stereocenters. The Morgan fingerprint density at radius 1 is 1.56 bits per heavy atom. The second kappa shape index (κ2) is 2.33. The molecule has 1 N–H and O–H groups in total. The highest BCUT2D eigenvalue weighted by Gasteiger charge is 2.16. The van der Waals surface area contributed by atoms with E-state index >= 15 is 0 Å². The minimum absolute atomic E-state index is 0.882. The van der Waals surface area contributed by atoms with Crippen LogP contribution < -0.4 is 5.53 Å². The Morgan fingerprint density at radius 2 is 2.22 bits per heavy atom. The predicted octanol–water partition coefficient (Wildman–Crippen LogP) is -0.688. The van der Waals surface area contributed by atoms with Gasteiger partial charge < -0.3 is 0 Å². The molecule has 0 spiro atoms. The highest BCUT2D eigenvalue weighted by molar-refractivity contribution is 5.84. The molecule has 0 unspecified atom stereocenters. The lowest BCUT2D eigenvalue weighted by atomic mass is 10.6. The summed E-state index contributed by atoms with van der Waals surface area (Å²) in [5, 5.41) is 3.88. The van der Waals surface area contributed by atoms with Gasteiger partial charge in [-0.1, -0.05) is 0 Å². The van der Waals surface area contributed by atoms with Crippen molar-refractivity contribution < 1.29 is 0 Å². The van der Waals surface area contributed by atoms with Crippen LogP contribution in [0.3, 0.4) is 0 Å². The van der Waals surface area contributed by atoms with Gasteiger partial charge in [-0.15, -0.1) is 0 Å². The number of hydrogen-bond donors (Lipinski definition) is 1. The monoisotopic (exact) mass is 128 g/mol. The topological polar surface area (TPSA) is 30.9 Å². The summed E-state index contributed by atoms with van der Waals surface area (Å²) in [7, 11) is 5.73. The molecule has 1 saturated heterocycles. The van der Waals surface area contributed by atoms with Crippen LogP contribution in [0.1, 0.15) is 0 Å². The Kier molecular flexibility index (Phi) is 1.68. The fourth-order valence-corrected chi connectivity index (χ4v) is 0.888. The number of nitrogens with zero attached hydrogens (tertiary/aromatic N) is 3. The van der Waals surface area contributed by atoms with Crippen molar-refractivity contribution in [1.29, 1.82) is 0 Å². The summed E-state index contributed by atoms with van der Waals surface area (Å²) in [5.74, 6) is 1.07. The van der Waals surface area contributed by atoms with E-state index in [1.165, 1.54) is 0 Å². The molecular weight excluding hydrogens is 116 g/mol. The third kappa shape index (κ3) is 1.20. The summed E-state index contributed by atoms with van der Waals surface area (Å²) in [4.78, 5) is 4.06. The molecule has 52 valence electrons. The first-order valence-corrected chi connectivity index (χ1v) is 2.91. The summed E-state index contributed by atoms with van der Waals surface area (Å²) >= 11 is 0. The van der Waals surface area contributed by atoms with Gasteiger partial charge in [0.15, 0.2) is 0 Å². The van der Waals surface area contributed by atoms with Gasteiger partial charge in [0.1, 0.15) is 5.84 Å². The van der Waals surface area contributed by atoms with E-state index in [4.69, 9.17) is 0 Å². The summed E-state index contributed by atoms with van der Waals surface area (Å²) in [5.41, 5.74) is 3.05. The van der Waals surface area contributed by atoms with E-state index in [9.17, 15) is 0 Å². The maximum atomic E-state index is 4.06. The number of amidine groups is 1. The van der Waals surface area contributed by atoms with Gasteiger partial charge in [-0.25, -0.2) is 5.01 Å². The van der Waals surface area contributed by atoms with Crippen molar-refractivity contribution in [3.63, 3.8) is 0 Å². The van der Waals surface area contributed by atoms with Crippen molar-refractivity contribution >= 4 is 5.84 Å². The molecule has 1 heterocycles. The molecule has 0 amide bonds. The van der Waals surface area contributed by atoms with E-state index in [0.29, 0.717) is 0 Å². The number of hydrazine groups is 2. The van der Waals surface area contributed by atoms with E-state index in [0.717, 1.165) is 12.4 Å². The first kappa shape index (κ1) is 6.51. The van der Waals surface area contributed by atoms with Gasteiger partial charge in [0.2, 0.25) is 0 Å². The lowest BCUT2D eigenvalue weighted by Gasteiger charge is -2.10. The highest BCUT2D eigenvalue weighted by Crippen LogP contribution is 1.94. The van der Waals surface area contributed by atoms with Crippen molar-refractivity contribution in [2.24, 2.45) is 4.99 Å². The van der Waals surface area contributed by atoms with E-state index in [-0.39, 0.29) is 0 Å². The number of likely N-dealkylation sites (N-methyl/N-ethyl adjacent to an activating group) is 2. The fraction of sp³-hybridized carbons (Fsp3) is 0.800. The van der Waals surface area contributed by atoms with E-state index in [1.807, 2.05) is 24.1 Å². The Morgan fingerprint density at radius 3 is 2.44 bits per heavy atom. The summed E-state index contributed by atoms with van der Waals surface area (Å²) in [6, 6.07) is 0. The SMILES string of the molecule is CN=C1CN(C)NN1C. The van der Waals surface area contributed by atoms with Gasteiger partial charge in [-0.3, -0.25) is 10.0 Å². The van der Waals surface area contributed by atoms with Gasteiger partial charge in [0.05, 0.1) is 6.54 Å². The largest absolute Gasteiger partial charge is 0.284 e. The van der Waals surface area contributed by atoms with Crippen LogP contribution in [0.4, 0.5) is 0 Å². The molecule has 4 nitrogen and oxygen atoms in total. The molecule has 0 aromatic rings. The molecule has 0 aliphatic carbocycles. The van der Waals surface area contributed by atoms with E-state index < -0.39 is 0 Å². The smallest absolute Gasteiger partial charge is 0.130 e. The van der Waals surface area contributed by atoms with Gasteiger partial charge in [0, 0.05) is 21.1 Å². The molecule has 0 bridgehead atoms. The van der Waals surface area contributed by atoms with Crippen molar-refractivity contribution in [3.8, 4) is 0 Å². The number of aliphatic imine (C=N–C) groups is 1. The molecular formula is C5H12N4. The molecule has 1 aliphatic rings. The second-order valence-electron chi connectivity index (χ2n) is 2.15. The first-order chi connectivity index (χ1) is 4.24. The average Bonchev–Trinajstić information content (AvgIpc) is 2.10. The quantitative estimate of drug-likeness (QED) is 0.468. The molecule has 0 aromatic heterocycles. The normalized spacial score (nSPS) is 26.1. The van der Waals surface area contributed by atoms with E-state index in [2.05, 4.69) is 10.5 Å². The molecule has 0 aromatic carbocycles. The zero-order valence-corrected chi connectivity index (χ0v) is 6.05. The second-order valence-corrected chi connectivity index (χ2v) is 2.15. The van der Waals surface area contributed by atoms with Crippen LogP contribution in [0.2, 0.25) is 0 Å². The van der Waals surface area contributed by atoms with Crippen molar-refractivity contribution in [2.75, 3.05) is 27.7 Å². The maximum Gasteiger partial charge on any atom is 0.130 e. The minimum atomic E-state index is 0.882. The number of rotatable bonds is 0. The minimum Gasteiger partial charge on any atom is -0.284 e. The lowest BCUT2D eigenvalue weighted by molar-refractivity contribution is 0.191. The Bertz CT molecular complexity index is 131. The van der Waals surface area contributed by atoms with Crippen LogP contribution in [0, 0.1) is 0 Å². The zero-order valence-electron chi connectivity index (χ0n) is 6.05. The van der Waals surface area contributed by atoms with Crippen LogP contribution in [-0.4, -0.2) is 43.5 Å². The molecule has 1 fully saturated rings. The van der Waals surface area contributed by atoms with Crippen molar-refractivity contribution in [3.05, 3.63) is 0 Å². The molecule has 0 radical (unpaired) electrons. The Hall–Kier alpha value is -0.610. The zero-order chi connectivity index (χ0) is 6.85. The van der Waals surface area contributed by atoms with Crippen LogP contribution in [0.5, 0.6) is 0 Å². The average molecular weight is 128 g/mol. The van der Waals surface area contributed by atoms with Gasteiger partial charge in [-0.2, -0.15) is 5.53 Å². The Balaban J connectivity index is 2.58. The van der Waals surface area contributed by atoms with E-state index in [1.54, 1.807) is 7.05 Å². The third-order valence-electron chi connectivity index (χ3n) is 1.34. The Labute approximate surface area is 55.1 Å². The summed E-state index contributed by atoms with van der Waals surface area (Å²) in [6.07, 6.45) is 0. The van der Waals surface area contributed by atoms with Crippen LogP contribution in [0.15, 0.2) is 4.99 Å². The molecule has 4 heteroatoms. The maximum absolute atomic E-state index is 4.06. The molecule has 1 aliphatic heterocycles. The van der Waals surface area contributed by atoms with Gasteiger partial charge in [0.25, 0.3) is 0 Å². The summed E-state index contributed by atoms with van der Waals surface area (Å²) in [6.45, 7) is 0.882. The first-order valence-electron chi connectivity index (χ1n) is 2.91. The number of nitrogens with one attached hydrogen (secondary N) is 1. The third-order valence-corrected chi connectivity index (χ3v) is 1.34. The van der Waals surface area contributed by atoms with Gasteiger partial charge >= 0.3 is 0 Å². The highest BCUT2D eigenvalue weighted by atomic mass is 15.8. The predicted molar refractivity (Wildman–Crippen MR) is 36.9 cm³/mol.